The third-order valence-electron chi connectivity index (χ3n) is 4.33. The van der Waals surface area contributed by atoms with Gasteiger partial charge in [0.05, 0.1) is 12.8 Å². The number of benzene rings is 2. The first-order chi connectivity index (χ1) is 14.0. The minimum Gasteiger partial charge on any atom is -0.490 e. The van der Waals surface area contributed by atoms with Gasteiger partial charge in [-0.2, -0.15) is 5.10 Å². The van der Waals surface area contributed by atoms with E-state index in [2.05, 4.69) is 36.5 Å². The topological polar surface area (TPSA) is 95.2 Å². The summed E-state index contributed by atoms with van der Waals surface area (Å²) < 4.78 is 17.2. The summed E-state index contributed by atoms with van der Waals surface area (Å²) in [6, 6.07) is 12.8. The molecule has 0 spiro atoms. The molecule has 2 aromatic carbocycles. The molecule has 0 fully saturated rings. The number of urea groups is 1. The van der Waals surface area contributed by atoms with E-state index in [0.29, 0.717) is 37.2 Å². The van der Waals surface area contributed by atoms with Crippen LogP contribution in [0.1, 0.15) is 44.2 Å². The summed E-state index contributed by atoms with van der Waals surface area (Å²) in [6.07, 6.45) is 2.59. The van der Waals surface area contributed by atoms with Crippen LogP contribution in [-0.4, -0.2) is 32.1 Å². The van der Waals surface area contributed by atoms with Gasteiger partial charge in [0, 0.05) is 0 Å². The second-order valence-corrected chi connectivity index (χ2v) is 6.45. The molecule has 7 heteroatoms. The molecule has 0 bridgehead atoms. The Morgan fingerprint density at radius 3 is 2.45 bits per heavy atom. The van der Waals surface area contributed by atoms with E-state index in [1.54, 1.807) is 18.2 Å². The minimum atomic E-state index is -0.722. The normalized spacial score (nSPS) is 11.8. The van der Waals surface area contributed by atoms with Crippen LogP contribution in [0.4, 0.5) is 4.79 Å². The lowest BCUT2D eigenvalue weighted by Gasteiger charge is -2.14. The number of ether oxygens (including phenoxy) is 3. The molecule has 0 aliphatic heterocycles. The van der Waals surface area contributed by atoms with Gasteiger partial charge in [-0.1, -0.05) is 26.0 Å². The first-order valence-corrected chi connectivity index (χ1v) is 9.74. The molecule has 0 aromatic heterocycles. The van der Waals surface area contributed by atoms with E-state index < -0.39 is 6.03 Å². The SMILES string of the molecule is CCOc1cc(/C=N/NC(N)=O)ccc1OCCOc1ccc(C(C)CC)cc1. The zero-order valence-electron chi connectivity index (χ0n) is 17.2. The highest BCUT2D eigenvalue weighted by molar-refractivity contribution is 5.82. The second kappa shape index (κ2) is 11.6. The second-order valence-electron chi connectivity index (χ2n) is 6.45. The number of hydrazone groups is 1. The fraction of sp³-hybridized carbons (Fsp3) is 0.364. The maximum absolute atomic E-state index is 10.7. The van der Waals surface area contributed by atoms with Crippen LogP contribution in [0.3, 0.4) is 0 Å². The highest BCUT2D eigenvalue weighted by Gasteiger charge is 2.07. The van der Waals surface area contributed by atoms with Crippen LogP contribution in [0, 0.1) is 0 Å². The molecule has 156 valence electrons. The molecular formula is C22H29N3O4. The smallest absolute Gasteiger partial charge is 0.332 e. The number of nitrogens with two attached hydrogens (primary N) is 1. The van der Waals surface area contributed by atoms with Crippen LogP contribution < -0.4 is 25.4 Å². The largest absolute Gasteiger partial charge is 0.490 e. The first-order valence-electron chi connectivity index (χ1n) is 9.74. The molecule has 1 unspecified atom stereocenters. The summed E-state index contributed by atoms with van der Waals surface area (Å²) in [5.74, 6) is 2.57. The minimum absolute atomic E-state index is 0.379. The van der Waals surface area contributed by atoms with Crippen molar-refractivity contribution in [2.45, 2.75) is 33.1 Å². The number of nitrogens with one attached hydrogen (secondary N) is 1. The first kappa shape index (κ1) is 22.1. The molecule has 2 rings (SSSR count). The summed E-state index contributed by atoms with van der Waals surface area (Å²) >= 11 is 0. The summed E-state index contributed by atoms with van der Waals surface area (Å²) in [5.41, 5.74) is 9.18. The monoisotopic (exact) mass is 399 g/mol. The van der Waals surface area contributed by atoms with Crippen LogP contribution in [-0.2, 0) is 0 Å². The number of hydrogen-bond acceptors (Lipinski definition) is 5. The molecule has 0 aliphatic rings. The highest BCUT2D eigenvalue weighted by Crippen LogP contribution is 2.28. The molecule has 0 heterocycles. The summed E-state index contributed by atoms with van der Waals surface area (Å²) in [7, 11) is 0. The van der Waals surface area contributed by atoms with E-state index in [1.807, 2.05) is 19.1 Å². The van der Waals surface area contributed by atoms with Crippen molar-refractivity contribution in [3.05, 3.63) is 53.6 Å². The molecule has 0 aliphatic carbocycles. The third-order valence-corrected chi connectivity index (χ3v) is 4.33. The van der Waals surface area contributed by atoms with Gasteiger partial charge >= 0.3 is 6.03 Å². The van der Waals surface area contributed by atoms with E-state index in [9.17, 15) is 4.79 Å². The molecule has 29 heavy (non-hydrogen) atoms. The Labute approximate surface area is 171 Å². The number of primary amides is 1. The van der Waals surface area contributed by atoms with Gasteiger partial charge in [0.2, 0.25) is 0 Å². The maximum Gasteiger partial charge on any atom is 0.332 e. The molecule has 0 saturated heterocycles. The molecule has 2 amide bonds. The van der Waals surface area contributed by atoms with Crippen LogP contribution in [0.2, 0.25) is 0 Å². The van der Waals surface area contributed by atoms with Crippen LogP contribution in [0.15, 0.2) is 47.6 Å². The Kier molecular flexibility index (Phi) is 8.82. The van der Waals surface area contributed by atoms with Crippen molar-refractivity contribution in [3.63, 3.8) is 0 Å². The van der Waals surface area contributed by atoms with Crippen LogP contribution >= 0.6 is 0 Å². The van der Waals surface area contributed by atoms with E-state index in [1.165, 1.54) is 11.8 Å². The van der Waals surface area contributed by atoms with Gasteiger partial charge in [-0.05, 0) is 60.7 Å². The summed E-state index contributed by atoms with van der Waals surface area (Å²) in [6.45, 7) is 7.58. The number of rotatable bonds is 11. The van der Waals surface area contributed by atoms with Crippen molar-refractivity contribution in [2.75, 3.05) is 19.8 Å². The molecule has 0 saturated carbocycles. The number of nitrogens with zero attached hydrogens (tertiary/aromatic N) is 1. The van der Waals surface area contributed by atoms with Gasteiger partial charge in [-0.15, -0.1) is 0 Å². The van der Waals surface area contributed by atoms with Gasteiger partial charge in [0.25, 0.3) is 0 Å². The average Bonchev–Trinajstić information content (AvgIpc) is 2.72. The lowest BCUT2D eigenvalue weighted by molar-refractivity contribution is 0.208. The molecule has 0 radical (unpaired) electrons. The number of amides is 2. The summed E-state index contributed by atoms with van der Waals surface area (Å²) in [5, 5.41) is 3.74. The Hall–Kier alpha value is -3.22. The Balaban J connectivity index is 1.88. The lowest BCUT2D eigenvalue weighted by Crippen LogP contribution is -2.24. The van der Waals surface area contributed by atoms with Gasteiger partial charge < -0.3 is 19.9 Å². The average molecular weight is 399 g/mol. The standard InChI is InChI=1S/C22H29N3O4/c1-4-16(3)18-7-9-19(10-8-18)28-12-13-29-20-11-6-17(14-21(20)27-5-2)15-24-25-22(23)26/h6-11,14-16H,4-5,12-13H2,1-3H3,(H3,23,25,26)/b24-15+. The third kappa shape index (κ3) is 7.37. The van der Waals surface area contributed by atoms with Gasteiger partial charge in [-0.25, -0.2) is 10.2 Å². The van der Waals surface area contributed by atoms with E-state index in [0.717, 1.165) is 17.7 Å². The fourth-order valence-corrected chi connectivity index (χ4v) is 2.60. The van der Waals surface area contributed by atoms with Crippen LogP contribution in [0.5, 0.6) is 17.2 Å². The molecule has 1 atom stereocenters. The Morgan fingerprint density at radius 2 is 1.79 bits per heavy atom. The zero-order valence-corrected chi connectivity index (χ0v) is 17.2. The molecule has 3 N–H and O–H groups in total. The number of carbonyl (C=O) groups excluding carboxylic acids is 1. The summed E-state index contributed by atoms with van der Waals surface area (Å²) in [4.78, 5) is 10.7. The van der Waals surface area contributed by atoms with Gasteiger partial charge in [0.15, 0.2) is 11.5 Å². The van der Waals surface area contributed by atoms with Crippen LogP contribution in [0.25, 0.3) is 0 Å². The highest BCUT2D eigenvalue weighted by atomic mass is 16.5. The van der Waals surface area contributed by atoms with Crippen molar-refractivity contribution in [1.29, 1.82) is 0 Å². The predicted octanol–water partition coefficient (Wildman–Crippen LogP) is 4.06. The van der Waals surface area contributed by atoms with Crippen molar-refractivity contribution in [3.8, 4) is 17.2 Å². The van der Waals surface area contributed by atoms with Gasteiger partial charge in [-0.3, -0.25) is 0 Å². The molecule has 7 nitrogen and oxygen atoms in total. The molecule has 2 aromatic rings. The van der Waals surface area contributed by atoms with Crippen molar-refractivity contribution in [1.82, 2.24) is 5.43 Å². The number of hydrogen-bond donors (Lipinski definition) is 2. The molecular weight excluding hydrogens is 370 g/mol. The maximum atomic E-state index is 10.7. The Morgan fingerprint density at radius 1 is 1.07 bits per heavy atom. The lowest BCUT2D eigenvalue weighted by atomic mass is 9.99. The van der Waals surface area contributed by atoms with E-state index >= 15 is 0 Å². The predicted molar refractivity (Wildman–Crippen MR) is 114 cm³/mol. The Bertz CT molecular complexity index is 806. The van der Waals surface area contributed by atoms with E-state index in [-0.39, 0.29) is 0 Å². The van der Waals surface area contributed by atoms with Crippen molar-refractivity contribution < 1.29 is 19.0 Å². The van der Waals surface area contributed by atoms with Gasteiger partial charge in [0.1, 0.15) is 19.0 Å². The zero-order chi connectivity index (χ0) is 21.1. The van der Waals surface area contributed by atoms with Crippen molar-refractivity contribution >= 4 is 12.2 Å². The van der Waals surface area contributed by atoms with Crippen molar-refractivity contribution in [2.24, 2.45) is 10.8 Å². The van der Waals surface area contributed by atoms with E-state index in [4.69, 9.17) is 19.9 Å². The fourth-order valence-electron chi connectivity index (χ4n) is 2.60. The quantitative estimate of drug-likeness (QED) is 0.338. The number of carbonyl (C=O) groups is 1.